The molecule has 0 atom stereocenters. The highest BCUT2D eigenvalue weighted by Gasteiger charge is 2.25. The van der Waals surface area contributed by atoms with Crippen molar-refractivity contribution < 1.29 is 14.3 Å². The van der Waals surface area contributed by atoms with Gasteiger partial charge in [-0.05, 0) is 50.3 Å². The number of hydrogen-bond donors (Lipinski definition) is 0. The summed E-state index contributed by atoms with van der Waals surface area (Å²) in [4.78, 5) is 11.6. The molecule has 0 bridgehead atoms. The molecule has 0 aliphatic heterocycles. The summed E-state index contributed by atoms with van der Waals surface area (Å²) < 4.78 is 10.4. The molecule has 1 fully saturated rings. The summed E-state index contributed by atoms with van der Waals surface area (Å²) in [6.07, 6.45) is 2.52. The van der Waals surface area contributed by atoms with Crippen LogP contribution < -0.4 is 4.74 Å². The van der Waals surface area contributed by atoms with Gasteiger partial charge in [0.1, 0.15) is 11.3 Å². The van der Waals surface area contributed by atoms with E-state index in [4.69, 9.17) is 9.47 Å². The lowest BCUT2D eigenvalue weighted by Gasteiger charge is -2.14. The molecule has 0 saturated heterocycles. The third-order valence-corrected chi connectivity index (χ3v) is 2.82. The molecular weight excluding hydrogens is 216 g/mol. The van der Waals surface area contributed by atoms with Crippen LogP contribution in [0.2, 0.25) is 0 Å². The van der Waals surface area contributed by atoms with Crippen molar-refractivity contribution in [2.75, 3.05) is 7.11 Å². The second-order valence-electron chi connectivity index (χ2n) is 4.69. The first-order chi connectivity index (χ1) is 8.11. The molecule has 0 spiro atoms. The van der Waals surface area contributed by atoms with Crippen LogP contribution in [0.25, 0.3) is 0 Å². The van der Waals surface area contributed by atoms with Crippen LogP contribution in [-0.4, -0.2) is 19.2 Å². The van der Waals surface area contributed by atoms with Gasteiger partial charge < -0.3 is 9.47 Å². The predicted octanol–water partition coefficient (Wildman–Crippen LogP) is 3.14. The minimum atomic E-state index is -0.344. The molecule has 1 aliphatic rings. The number of methoxy groups -OCH3 is 1. The minimum Gasteiger partial charge on any atom is -0.490 e. The first-order valence-corrected chi connectivity index (χ1v) is 6.00. The van der Waals surface area contributed by atoms with Crippen molar-refractivity contribution >= 4 is 5.97 Å². The van der Waals surface area contributed by atoms with Gasteiger partial charge in [-0.1, -0.05) is 6.07 Å². The molecule has 92 valence electrons. The van der Waals surface area contributed by atoms with Gasteiger partial charge in [-0.3, -0.25) is 0 Å². The Balaban J connectivity index is 2.32. The van der Waals surface area contributed by atoms with Crippen LogP contribution in [-0.2, 0) is 4.74 Å². The monoisotopic (exact) mass is 234 g/mol. The lowest BCUT2D eigenvalue weighted by atomic mass is 10.1. The van der Waals surface area contributed by atoms with Gasteiger partial charge in [-0.25, -0.2) is 4.79 Å². The fourth-order valence-corrected chi connectivity index (χ4v) is 1.84. The van der Waals surface area contributed by atoms with Crippen LogP contribution in [0.15, 0.2) is 18.2 Å². The first-order valence-electron chi connectivity index (χ1n) is 6.00. The molecule has 1 aromatic rings. The molecule has 0 radical (unpaired) electrons. The third kappa shape index (κ3) is 2.78. The Morgan fingerprint density at radius 3 is 2.59 bits per heavy atom. The number of rotatable bonds is 4. The molecule has 1 aromatic carbocycles. The number of carbonyl (C=O) groups is 1. The molecule has 0 N–H and O–H groups in total. The van der Waals surface area contributed by atoms with Crippen LogP contribution in [0.1, 0.15) is 48.5 Å². The summed E-state index contributed by atoms with van der Waals surface area (Å²) >= 11 is 0. The molecule has 0 amide bonds. The zero-order valence-corrected chi connectivity index (χ0v) is 10.5. The maximum atomic E-state index is 11.6. The van der Waals surface area contributed by atoms with Crippen molar-refractivity contribution in [2.24, 2.45) is 0 Å². The van der Waals surface area contributed by atoms with E-state index in [0.717, 1.165) is 0 Å². The van der Waals surface area contributed by atoms with Crippen LogP contribution in [0.3, 0.4) is 0 Å². The maximum absolute atomic E-state index is 11.6. The third-order valence-electron chi connectivity index (χ3n) is 2.82. The molecule has 3 heteroatoms. The summed E-state index contributed by atoms with van der Waals surface area (Å²) in [6.45, 7) is 3.90. The normalized spacial score (nSPS) is 14.8. The SMILES string of the molecule is COC(=O)c1ccc(C2CC2)cc1OC(C)C. The van der Waals surface area contributed by atoms with Gasteiger partial charge in [-0.2, -0.15) is 0 Å². The van der Waals surface area contributed by atoms with E-state index in [1.54, 1.807) is 6.07 Å². The Morgan fingerprint density at radius 2 is 2.06 bits per heavy atom. The first kappa shape index (κ1) is 12.0. The van der Waals surface area contributed by atoms with Crippen LogP contribution >= 0.6 is 0 Å². The van der Waals surface area contributed by atoms with Gasteiger partial charge in [0.15, 0.2) is 0 Å². The smallest absolute Gasteiger partial charge is 0.341 e. The Kier molecular flexibility index (Phi) is 3.36. The van der Waals surface area contributed by atoms with Crippen molar-refractivity contribution in [2.45, 2.75) is 38.7 Å². The van der Waals surface area contributed by atoms with Crippen LogP contribution in [0, 0.1) is 0 Å². The zero-order valence-electron chi connectivity index (χ0n) is 10.5. The molecule has 0 aromatic heterocycles. The van der Waals surface area contributed by atoms with Gasteiger partial charge >= 0.3 is 5.97 Å². The Labute approximate surface area is 102 Å². The van der Waals surface area contributed by atoms with E-state index in [2.05, 4.69) is 0 Å². The lowest BCUT2D eigenvalue weighted by Crippen LogP contribution is -2.11. The van der Waals surface area contributed by atoms with Crippen molar-refractivity contribution in [3.05, 3.63) is 29.3 Å². The summed E-state index contributed by atoms with van der Waals surface area (Å²) in [7, 11) is 1.39. The van der Waals surface area contributed by atoms with Gasteiger partial charge in [0.05, 0.1) is 13.2 Å². The summed E-state index contributed by atoms with van der Waals surface area (Å²) in [5.41, 5.74) is 1.76. The molecule has 1 saturated carbocycles. The number of benzene rings is 1. The van der Waals surface area contributed by atoms with Gasteiger partial charge in [0.25, 0.3) is 0 Å². The van der Waals surface area contributed by atoms with Crippen molar-refractivity contribution in [3.8, 4) is 5.75 Å². The molecular formula is C14H18O3. The van der Waals surface area contributed by atoms with E-state index in [1.165, 1.54) is 25.5 Å². The molecule has 0 unspecified atom stereocenters. The highest BCUT2D eigenvalue weighted by molar-refractivity contribution is 5.92. The Bertz CT molecular complexity index is 419. The Morgan fingerprint density at radius 1 is 1.35 bits per heavy atom. The molecule has 1 aliphatic carbocycles. The summed E-state index contributed by atoms with van der Waals surface area (Å²) in [5.74, 6) is 0.940. The second-order valence-corrected chi connectivity index (χ2v) is 4.69. The fraction of sp³-hybridized carbons (Fsp3) is 0.500. The lowest BCUT2D eigenvalue weighted by molar-refractivity contribution is 0.0594. The fourth-order valence-electron chi connectivity index (χ4n) is 1.84. The van der Waals surface area contributed by atoms with Crippen LogP contribution in [0.4, 0.5) is 0 Å². The Hall–Kier alpha value is -1.51. The highest BCUT2D eigenvalue weighted by atomic mass is 16.5. The van der Waals surface area contributed by atoms with Crippen LogP contribution in [0.5, 0.6) is 5.75 Å². The standard InChI is InChI=1S/C14H18O3/c1-9(2)17-13-8-11(10-4-5-10)6-7-12(13)14(15)16-3/h6-10H,4-5H2,1-3H3. The van der Waals surface area contributed by atoms with E-state index in [-0.39, 0.29) is 12.1 Å². The van der Waals surface area contributed by atoms with Gasteiger partial charge in [-0.15, -0.1) is 0 Å². The molecule has 0 heterocycles. The largest absolute Gasteiger partial charge is 0.490 e. The highest BCUT2D eigenvalue weighted by Crippen LogP contribution is 2.41. The average Bonchev–Trinajstić information content (AvgIpc) is 3.11. The number of ether oxygens (including phenoxy) is 2. The quantitative estimate of drug-likeness (QED) is 0.751. The van der Waals surface area contributed by atoms with E-state index in [1.807, 2.05) is 26.0 Å². The second kappa shape index (κ2) is 4.78. The summed E-state index contributed by atoms with van der Waals surface area (Å²) in [6, 6.07) is 5.78. The van der Waals surface area contributed by atoms with Gasteiger partial charge in [0.2, 0.25) is 0 Å². The topological polar surface area (TPSA) is 35.5 Å². The zero-order chi connectivity index (χ0) is 12.4. The summed E-state index contributed by atoms with van der Waals surface area (Å²) in [5, 5.41) is 0. The predicted molar refractivity (Wildman–Crippen MR) is 65.5 cm³/mol. The van der Waals surface area contributed by atoms with E-state index < -0.39 is 0 Å². The number of hydrogen-bond acceptors (Lipinski definition) is 3. The van der Waals surface area contributed by atoms with Gasteiger partial charge in [0, 0.05) is 0 Å². The van der Waals surface area contributed by atoms with Crippen molar-refractivity contribution in [1.29, 1.82) is 0 Å². The average molecular weight is 234 g/mol. The number of esters is 1. The van der Waals surface area contributed by atoms with E-state index >= 15 is 0 Å². The molecule has 17 heavy (non-hydrogen) atoms. The molecule has 3 nitrogen and oxygen atoms in total. The number of carbonyl (C=O) groups excluding carboxylic acids is 1. The van der Waals surface area contributed by atoms with E-state index in [0.29, 0.717) is 17.2 Å². The molecule has 2 rings (SSSR count). The van der Waals surface area contributed by atoms with Crippen molar-refractivity contribution in [1.82, 2.24) is 0 Å². The maximum Gasteiger partial charge on any atom is 0.341 e. The minimum absolute atomic E-state index is 0.0489. The van der Waals surface area contributed by atoms with E-state index in [9.17, 15) is 4.79 Å². The van der Waals surface area contributed by atoms with Crippen molar-refractivity contribution in [3.63, 3.8) is 0 Å².